The largest absolute Gasteiger partial charge is 0.398 e. The van der Waals surface area contributed by atoms with E-state index in [9.17, 15) is 13.2 Å². The summed E-state index contributed by atoms with van der Waals surface area (Å²) in [5.74, 6) is -0.956. The maximum atomic E-state index is 11.8. The Bertz CT molecular complexity index is 356. The molecule has 0 unspecified atom stereocenters. The van der Waals surface area contributed by atoms with Gasteiger partial charge in [-0.2, -0.15) is 18.4 Å². The molecule has 14 heavy (non-hydrogen) atoms. The zero-order chi connectivity index (χ0) is 10.6. The van der Waals surface area contributed by atoms with Crippen molar-refractivity contribution in [3.8, 4) is 6.07 Å². The smallest absolute Gasteiger partial charge is 0.245 e. The Labute approximate surface area is 82.8 Å². The van der Waals surface area contributed by atoms with E-state index >= 15 is 0 Å². The van der Waals surface area contributed by atoms with Gasteiger partial charge in [-0.3, -0.25) is 0 Å². The molecule has 0 aliphatic carbocycles. The number of alkyl halides is 3. The van der Waals surface area contributed by atoms with Crippen LogP contribution in [0.25, 0.3) is 0 Å². The Morgan fingerprint density at radius 1 is 1.50 bits per heavy atom. The highest BCUT2D eigenvalue weighted by atomic mass is 32.2. The lowest BCUT2D eigenvalue weighted by Gasteiger charge is -2.05. The quantitative estimate of drug-likeness (QED) is 0.716. The van der Waals surface area contributed by atoms with Crippen LogP contribution < -0.4 is 0 Å². The molecule has 0 N–H and O–H groups in total. The van der Waals surface area contributed by atoms with Crippen LogP contribution in [0, 0.1) is 11.3 Å². The maximum Gasteiger partial charge on any atom is 0.398 e. The van der Waals surface area contributed by atoms with E-state index < -0.39 is 11.9 Å². The summed E-state index contributed by atoms with van der Waals surface area (Å²) in [6.45, 7) is 0. The molecule has 0 aliphatic heterocycles. The van der Waals surface area contributed by atoms with Gasteiger partial charge >= 0.3 is 6.18 Å². The second kappa shape index (κ2) is 4.33. The summed E-state index contributed by atoms with van der Waals surface area (Å²) in [4.78, 5) is 4.04. The van der Waals surface area contributed by atoms with E-state index in [-0.39, 0.29) is 5.69 Å². The van der Waals surface area contributed by atoms with E-state index in [1.54, 1.807) is 6.07 Å². The zero-order valence-electron chi connectivity index (χ0n) is 6.88. The lowest BCUT2D eigenvalue weighted by atomic mass is 10.4. The molecule has 1 aromatic rings. The molecule has 0 bridgehead atoms. The third-order valence-electron chi connectivity index (χ3n) is 1.25. The first-order valence-corrected chi connectivity index (χ1v) is 4.55. The van der Waals surface area contributed by atoms with Crippen LogP contribution in [0.1, 0.15) is 5.69 Å². The summed E-state index contributed by atoms with van der Waals surface area (Å²) in [6, 6.07) is 4.53. The fraction of sp³-hybridized carbons (Fsp3) is 0.250. The van der Waals surface area contributed by atoms with Gasteiger partial charge in [-0.25, -0.2) is 4.98 Å². The third kappa shape index (κ3) is 3.66. The van der Waals surface area contributed by atoms with Gasteiger partial charge in [0.05, 0.1) is 5.75 Å². The molecule has 1 aromatic heterocycles. The molecule has 1 heterocycles. The molecule has 0 aromatic carbocycles. The van der Waals surface area contributed by atoms with Crippen LogP contribution in [0.15, 0.2) is 23.2 Å². The van der Waals surface area contributed by atoms with Crippen LogP contribution >= 0.6 is 11.8 Å². The van der Waals surface area contributed by atoms with Gasteiger partial charge < -0.3 is 0 Å². The molecule has 0 amide bonds. The minimum absolute atomic E-state index is 0.122. The van der Waals surface area contributed by atoms with Crippen molar-refractivity contribution in [1.82, 2.24) is 4.98 Å². The Kier molecular flexibility index (Phi) is 3.36. The van der Waals surface area contributed by atoms with Gasteiger partial charge in [-0.15, -0.1) is 11.8 Å². The minimum Gasteiger partial charge on any atom is -0.245 e. The molecule has 0 aliphatic rings. The number of thioether (sulfide) groups is 1. The fourth-order valence-corrected chi connectivity index (χ4v) is 1.41. The van der Waals surface area contributed by atoms with Crippen molar-refractivity contribution < 1.29 is 13.2 Å². The molecule has 0 atom stereocenters. The zero-order valence-corrected chi connectivity index (χ0v) is 7.69. The van der Waals surface area contributed by atoms with E-state index in [1.807, 2.05) is 0 Å². The molecule has 0 radical (unpaired) electrons. The van der Waals surface area contributed by atoms with Crippen molar-refractivity contribution in [2.75, 3.05) is 5.75 Å². The first-order chi connectivity index (χ1) is 6.51. The minimum atomic E-state index is -4.19. The first-order valence-electron chi connectivity index (χ1n) is 3.57. The Morgan fingerprint density at radius 2 is 2.21 bits per heavy atom. The van der Waals surface area contributed by atoms with Crippen LogP contribution in [0.4, 0.5) is 13.2 Å². The van der Waals surface area contributed by atoms with Gasteiger partial charge in [-0.1, -0.05) is 0 Å². The van der Waals surface area contributed by atoms with Crippen LogP contribution in [-0.4, -0.2) is 16.9 Å². The van der Waals surface area contributed by atoms with Gasteiger partial charge in [-0.05, 0) is 12.1 Å². The van der Waals surface area contributed by atoms with E-state index in [1.165, 1.54) is 18.3 Å². The van der Waals surface area contributed by atoms with Gasteiger partial charge in [0.25, 0.3) is 0 Å². The highest BCUT2D eigenvalue weighted by Crippen LogP contribution is 2.26. The summed E-state index contributed by atoms with van der Waals surface area (Å²) >= 11 is 0.641. The lowest BCUT2D eigenvalue weighted by Crippen LogP contribution is -2.10. The summed E-state index contributed by atoms with van der Waals surface area (Å²) in [5, 5.41) is 8.45. The van der Waals surface area contributed by atoms with Crippen molar-refractivity contribution >= 4 is 11.8 Å². The van der Waals surface area contributed by atoms with Crippen LogP contribution in [-0.2, 0) is 0 Å². The number of pyridine rings is 1. The molecule has 0 saturated carbocycles. The van der Waals surface area contributed by atoms with Gasteiger partial charge in [0.1, 0.15) is 11.8 Å². The Balaban J connectivity index is 2.65. The van der Waals surface area contributed by atoms with Gasteiger partial charge in [0.15, 0.2) is 0 Å². The number of hydrogen-bond acceptors (Lipinski definition) is 3. The Morgan fingerprint density at radius 3 is 2.79 bits per heavy atom. The van der Waals surface area contributed by atoms with Crippen LogP contribution in [0.3, 0.4) is 0 Å². The maximum absolute atomic E-state index is 11.8. The molecule has 1 rings (SSSR count). The predicted molar refractivity (Wildman–Crippen MR) is 45.7 cm³/mol. The lowest BCUT2D eigenvalue weighted by molar-refractivity contribution is -0.105. The van der Waals surface area contributed by atoms with E-state index in [2.05, 4.69) is 4.98 Å². The second-order valence-electron chi connectivity index (χ2n) is 2.39. The summed E-state index contributed by atoms with van der Waals surface area (Å²) in [7, 11) is 0. The van der Waals surface area contributed by atoms with Crippen LogP contribution in [0.5, 0.6) is 0 Å². The normalized spacial score (nSPS) is 11.0. The van der Waals surface area contributed by atoms with E-state index in [0.29, 0.717) is 16.7 Å². The number of nitriles is 1. The molecule has 0 spiro atoms. The van der Waals surface area contributed by atoms with E-state index in [4.69, 9.17) is 5.26 Å². The average molecular weight is 218 g/mol. The monoisotopic (exact) mass is 218 g/mol. The molecule has 2 nitrogen and oxygen atoms in total. The van der Waals surface area contributed by atoms with Crippen LogP contribution in [0.2, 0.25) is 0 Å². The molecular formula is C8H5F3N2S. The Hall–Kier alpha value is -1.22. The van der Waals surface area contributed by atoms with Crippen molar-refractivity contribution in [2.24, 2.45) is 0 Å². The molecular weight excluding hydrogens is 213 g/mol. The molecule has 74 valence electrons. The topological polar surface area (TPSA) is 36.7 Å². The third-order valence-corrected chi connectivity index (χ3v) is 2.31. The van der Waals surface area contributed by atoms with E-state index in [0.717, 1.165) is 0 Å². The second-order valence-corrected chi connectivity index (χ2v) is 3.44. The predicted octanol–water partition coefficient (Wildman–Crippen LogP) is 2.61. The first kappa shape index (κ1) is 10.9. The fourth-order valence-electron chi connectivity index (χ4n) is 0.727. The van der Waals surface area contributed by atoms with Crippen molar-refractivity contribution in [1.29, 1.82) is 5.26 Å². The number of nitrogens with zero attached hydrogens (tertiary/aromatic N) is 2. The van der Waals surface area contributed by atoms with Gasteiger partial charge in [0, 0.05) is 11.1 Å². The number of rotatable bonds is 2. The molecule has 0 saturated heterocycles. The SMILES string of the molecule is N#Cc1cc(SCC(F)(F)F)ccn1. The summed E-state index contributed by atoms with van der Waals surface area (Å²) < 4.78 is 35.5. The highest BCUT2D eigenvalue weighted by molar-refractivity contribution is 7.99. The molecule has 0 fully saturated rings. The number of hydrogen-bond donors (Lipinski definition) is 0. The highest BCUT2D eigenvalue weighted by Gasteiger charge is 2.27. The van der Waals surface area contributed by atoms with Crippen molar-refractivity contribution in [3.05, 3.63) is 24.0 Å². The summed E-state index contributed by atoms with van der Waals surface area (Å²) in [5.41, 5.74) is 0.122. The van der Waals surface area contributed by atoms with Crippen molar-refractivity contribution in [3.63, 3.8) is 0 Å². The molecule has 6 heteroatoms. The van der Waals surface area contributed by atoms with Gasteiger partial charge in [0.2, 0.25) is 0 Å². The average Bonchev–Trinajstić information content (AvgIpc) is 2.14. The van der Waals surface area contributed by atoms with Crippen molar-refractivity contribution in [2.45, 2.75) is 11.1 Å². The summed E-state index contributed by atoms with van der Waals surface area (Å²) in [6.07, 6.45) is -2.88. The number of halogens is 3. The number of aromatic nitrogens is 1. The standard InChI is InChI=1S/C8H5F3N2S/c9-8(10,11)5-14-7-1-2-13-6(3-7)4-12/h1-3H,5H2.